The van der Waals surface area contributed by atoms with Crippen LogP contribution in [0.15, 0.2) is 60.8 Å². The Hall–Kier alpha value is -4.44. The van der Waals surface area contributed by atoms with Gasteiger partial charge in [0, 0.05) is 23.9 Å². The molecule has 8 nitrogen and oxygen atoms in total. The fourth-order valence-electron chi connectivity index (χ4n) is 4.18. The molecule has 37 heavy (non-hydrogen) atoms. The molecule has 2 heterocycles. The summed E-state index contributed by atoms with van der Waals surface area (Å²) in [5.41, 5.74) is 4.02. The molecule has 1 aliphatic rings. The van der Waals surface area contributed by atoms with E-state index in [0.717, 1.165) is 23.3 Å². The molecule has 0 saturated carbocycles. The molecule has 5 rings (SSSR count). The molecule has 0 unspecified atom stereocenters. The van der Waals surface area contributed by atoms with Gasteiger partial charge in [0.25, 0.3) is 5.91 Å². The van der Waals surface area contributed by atoms with Crippen molar-refractivity contribution in [1.82, 2.24) is 20.3 Å². The van der Waals surface area contributed by atoms with Gasteiger partial charge in [-0.2, -0.15) is 0 Å². The highest BCUT2D eigenvalue weighted by molar-refractivity contribution is 6.13. The Morgan fingerprint density at radius 2 is 1.78 bits per heavy atom. The first-order valence-corrected chi connectivity index (χ1v) is 11.5. The number of hydrogen-bond donors (Lipinski definition) is 1. The first kappa shape index (κ1) is 24.3. The maximum Gasteiger partial charge on any atom is 0.340 e. The first-order valence-electron chi connectivity index (χ1n) is 11.5. The molecule has 3 aromatic carbocycles. The van der Waals surface area contributed by atoms with Gasteiger partial charge >= 0.3 is 5.97 Å². The topological polar surface area (TPSA) is 91.4 Å². The van der Waals surface area contributed by atoms with E-state index in [9.17, 15) is 18.4 Å². The molecule has 0 fully saturated rings. The number of aromatic nitrogens is 3. The number of nitrogens with one attached hydrogen (secondary N) is 1. The first-order chi connectivity index (χ1) is 17.8. The van der Waals surface area contributed by atoms with Crippen LogP contribution in [0.25, 0.3) is 22.4 Å². The lowest BCUT2D eigenvalue weighted by molar-refractivity contribution is 0.0482. The lowest BCUT2D eigenvalue weighted by Crippen LogP contribution is -2.26. The summed E-state index contributed by atoms with van der Waals surface area (Å²) in [5.74, 6) is -2.83. The molecule has 0 aliphatic carbocycles. The molecule has 0 spiro atoms. The minimum atomic E-state index is -0.990. The van der Waals surface area contributed by atoms with E-state index in [0.29, 0.717) is 34.6 Å². The van der Waals surface area contributed by atoms with Crippen molar-refractivity contribution in [2.75, 3.05) is 32.1 Å². The van der Waals surface area contributed by atoms with Crippen LogP contribution in [0.2, 0.25) is 0 Å². The molecule has 10 heteroatoms. The van der Waals surface area contributed by atoms with Crippen molar-refractivity contribution in [3.63, 3.8) is 0 Å². The van der Waals surface area contributed by atoms with E-state index in [1.54, 1.807) is 30.5 Å². The highest BCUT2D eigenvalue weighted by Crippen LogP contribution is 2.36. The monoisotopic (exact) mass is 503 g/mol. The Balaban J connectivity index is 1.53. The van der Waals surface area contributed by atoms with Gasteiger partial charge in [-0.05, 0) is 61.1 Å². The van der Waals surface area contributed by atoms with Crippen LogP contribution in [0.3, 0.4) is 0 Å². The molecule has 188 valence electrons. The van der Waals surface area contributed by atoms with Crippen molar-refractivity contribution in [1.29, 1.82) is 0 Å². The second kappa shape index (κ2) is 9.90. The number of carbonyl (C=O) groups is 2. The van der Waals surface area contributed by atoms with E-state index in [1.807, 2.05) is 31.1 Å². The summed E-state index contributed by atoms with van der Waals surface area (Å²) in [6.45, 7) is 0.935. The highest BCUT2D eigenvalue weighted by atomic mass is 19.2. The summed E-state index contributed by atoms with van der Waals surface area (Å²) < 4.78 is 32.9. The summed E-state index contributed by atoms with van der Waals surface area (Å²) in [5, 5.41) is 10.4. The number of ether oxygens (including phenoxy) is 1. The summed E-state index contributed by atoms with van der Waals surface area (Å²) in [6.07, 6.45) is 1.63. The fourth-order valence-corrected chi connectivity index (χ4v) is 4.18. The lowest BCUT2D eigenvalue weighted by atomic mass is 10.0. The number of halogens is 2. The van der Waals surface area contributed by atoms with Crippen LogP contribution < -0.4 is 4.90 Å². The average Bonchev–Trinajstić information content (AvgIpc) is 3.53. The summed E-state index contributed by atoms with van der Waals surface area (Å²) in [4.78, 5) is 30.0. The van der Waals surface area contributed by atoms with Crippen LogP contribution in [0, 0.1) is 11.6 Å². The van der Waals surface area contributed by atoms with Gasteiger partial charge in [0.15, 0.2) is 11.6 Å². The van der Waals surface area contributed by atoms with E-state index in [-0.39, 0.29) is 24.6 Å². The number of hydrogen-bond acceptors (Lipinski definition) is 6. The van der Waals surface area contributed by atoms with Gasteiger partial charge in [-0.25, -0.2) is 13.6 Å². The highest BCUT2D eigenvalue weighted by Gasteiger charge is 2.32. The van der Waals surface area contributed by atoms with Gasteiger partial charge in [0.2, 0.25) is 0 Å². The Labute approximate surface area is 211 Å². The number of fused-ring (bicyclic) bond motifs is 1. The van der Waals surface area contributed by atoms with Crippen molar-refractivity contribution in [2.24, 2.45) is 0 Å². The van der Waals surface area contributed by atoms with E-state index in [1.165, 1.54) is 11.0 Å². The summed E-state index contributed by atoms with van der Waals surface area (Å²) >= 11 is 0. The molecule has 0 bridgehead atoms. The van der Waals surface area contributed by atoms with Crippen molar-refractivity contribution in [2.45, 2.75) is 6.54 Å². The number of amides is 1. The van der Waals surface area contributed by atoms with E-state index in [2.05, 4.69) is 15.4 Å². The molecule has 1 amide bonds. The van der Waals surface area contributed by atoms with Gasteiger partial charge < -0.3 is 14.5 Å². The predicted molar refractivity (Wildman–Crippen MR) is 133 cm³/mol. The number of anilines is 1. The SMILES string of the molecule is CN(C)CCOC(=O)c1ccc(-c2ccc(F)c(F)c2)cc1N1Cc2ccc(-c3c[nH]nn3)cc2C1=O. The maximum atomic E-state index is 13.9. The van der Waals surface area contributed by atoms with Crippen molar-refractivity contribution >= 4 is 17.6 Å². The summed E-state index contributed by atoms with van der Waals surface area (Å²) in [7, 11) is 3.73. The Bertz CT molecular complexity index is 1490. The normalized spacial score (nSPS) is 12.8. The minimum Gasteiger partial charge on any atom is -0.461 e. The Morgan fingerprint density at radius 1 is 1.03 bits per heavy atom. The third kappa shape index (κ3) is 4.83. The van der Waals surface area contributed by atoms with Gasteiger partial charge in [0.1, 0.15) is 12.3 Å². The number of H-pyrrole nitrogens is 1. The number of rotatable bonds is 7. The number of likely N-dealkylation sites (N-methyl/N-ethyl adjacent to an activating group) is 1. The Morgan fingerprint density at radius 3 is 2.51 bits per heavy atom. The van der Waals surface area contributed by atoms with Crippen molar-refractivity contribution in [3.8, 4) is 22.4 Å². The molecule has 0 atom stereocenters. The van der Waals surface area contributed by atoms with E-state index in [4.69, 9.17) is 4.74 Å². The molecule has 0 saturated heterocycles. The fraction of sp³-hybridized carbons (Fsp3) is 0.185. The van der Waals surface area contributed by atoms with Crippen LogP contribution in [-0.2, 0) is 11.3 Å². The molecule has 1 aliphatic heterocycles. The summed E-state index contributed by atoms with van der Waals surface area (Å²) in [6, 6.07) is 13.8. The zero-order valence-electron chi connectivity index (χ0n) is 20.2. The van der Waals surface area contributed by atoms with Crippen LogP contribution in [-0.4, -0.2) is 59.4 Å². The molecule has 1 aromatic heterocycles. The quantitative estimate of drug-likeness (QED) is 0.378. The largest absolute Gasteiger partial charge is 0.461 e. The lowest BCUT2D eigenvalue weighted by Gasteiger charge is -2.21. The van der Waals surface area contributed by atoms with Crippen LogP contribution in [0.5, 0.6) is 0 Å². The second-order valence-corrected chi connectivity index (χ2v) is 8.92. The van der Waals surface area contributed by atoms with Gasteiger partial charge in [-0.1, -0.05) is 29.5 Å². The number of esters is 1. The van der Waals surface area contributed by atoms with Crippen LogP contribution in [0.1, 0.15) is 26.3 Å². The number of nitrogens with zero attached hydrogens (tertiary/aromatic N) is 4. The van der Waals surface area contributed by atoms with E-state index >= 15 is 0 Å². The standard InChI is InChI=1S/C27H23F2N5O3/c1-33(2)9-10-37-27(36)20-7-5-17(16-6-8-22(28)23(29)12-16)13-25(20)34-15-19-4-3-18(11-21(19)26(34)35)24-14-30-32-31-24/h3-8,11-14H,9-10,15H2,1-2H3,(H,30,31,32). The van der Waals surface area contributed by atoms with Crippen molar-refractivity contribution in [3.05, 3.63) is 89.1 Å². The second-order valence-electron chi connectivity index (χ2n) is 8.92. The Kier molecular flexibility index (Phi) is 6.49. The average molecular weight is 504 g/mol. The smallest absolute Gasteiger partial charge is 0.340 e. The zero-order valence-corrected chi connectivity index (χ0v) is 20.2. The minimum absolute atomic E-state index is 0.172. The molecule has 0 radical (unpaired) electrons. The number of benzene rings is 3. The number of aromatic amines is 1. The molecule has 1 N–H and O–H groups in total. The van der Waals surface area contributed by atoms with Crippen LogP contribution >= 0.6 is 0 Å². The third-order valence-corrected chi connectivity index (χ3v) is 6.16. The van der Waals surface area contributed by atoms with Gasteiger partial charge in [0.05, 0.1) is 17.8 Å². The molecular weight excluding hydrogens is 480 g/mol. The predicted octanol–water partition coefficient (Wildman–Crippen LogP) is 4.30. The molecule has 4 aromatic rings. The number of carbonyl (C=O) groups excluding carboxylic acids is 2. The maximum absolute atomic E-state index is 13.9. The zero-order chi connectivity index (χ0) is 26.1. The van der Waals surface area contributed by atoms with Gasteiger partial charge in [-0.3, -0.25) is 9.89 Å². The third-order valence-electron chi connectivity index (χ3n) is 6.16. The van der Waals surface area contributed by atoms with Gasteiger partial charge in [-0.15, -0.1) is 5.10 Å². The van der Waals surface area contributed by atoms with Crippen molar-refractivity contribution < 1.29 is 23.1 Å². The van der Waals surface area contributed by atoms with E-state index < -0.39 is 17.6 Å². The van der Waals surface area contributed by atoms with Crippen LogP contribution in [0.4, 0.5) is 14.5 Å². The molecular formula is C27H23F2N5O3.